The predicted molar refractivity (Wildman–Crippen MR) is 74.8 cm³/mol. The smallest absolute Gasteiger partial charge is 0.326 e. The summed E-state index contributed by atoms with van der Waals surface area (Å²) in [5.41, 5.74) is 0.386. The highest BCUT2D eigenvalue weighted by Gasteiger charge is 2.19. The number of carboxylic acids is 1. The lowest BCUT2D eigenvalue weighted by Gasteiger charge is -2.15. The molecule has 0 bridgehead atoms. The van der Waals surface area contributed by atoms with E-state index in [4.69, 9.17) is 19.7 Å². The van der Waals surface area contributed by atoms with E-state index in [0.717, 1.165) is 0 Å². The molecule has 1 aromatic rings. The Hall–Kier alpha value is -2.48. The Morgan fingerprint density at radius 3 is 2.19 bits per heavy atom. The number of aliphatic carboxylic acids is 1. The van der Waals surface area contributed by atoms with Crippen LogP contribution in [0.3, 0.4) is 0 Å². The van der Waals surface area contributed by atoms with Crippen molar-refractivity contribution in [3.05, 3.63) is 18.2 Å². The van der Waals surface area contributed by atoms with Crippen LogP contribution in [-0.4, -0.2) is 49.1 Å². The fraction of sp³-hybridized carbons (Fsp3) is 0.385. The third-order valence-electron chi connectivity index (χ3n) is 2.63. The van der Waals surface area contributed by atoms with Crippen molar-refractivity contribution in [2.24, 2.45) is 0 Å². The van der Waals surface area contributed by atoms with E-state index in [0.29, 0.717) is 17.2 Å². The number of ether oxygens (including phenoxy) is 2. The van der Waals surface area contributed by atoms with Gasteiger partial charge in [0.1, 0.15) is 17.5 Å². The second-order valence-corrected chi connectivity index (χ2v) is 4.10. The van der Waals surface area contributed by atoms with Crippen molar-refractivity contribution in [3.8, 4) is 11.5 Å². The zero-order valence-corrected chi connectivity index (χ0v) is 11.8. The average molecular weight is 298 g/mol. The van der Waals surface area contributed by atoms with Gasteiger partial charge in [0.2, 0.25) is 0 Å². The quantitative estimate of drug-likeness (QED) is 0.587. The first-order valence-electron chi connectivity index (χ1n) is 6.14. The molecule has 0 fully saturated rings. The van der Waals surface area contributed by atoms with Crippen LogP contribution in [0.1, 0.15) is 6.42 Å². The number of carbonyl (C=O) groups excluding carboxylic acids is 1. The minimum Gasteiger partial charge on any atom is -0.497 e. The summed E-state index contributed by atoms with van der Waals surface area (Å²) >= 11 is 0. The van der Waals surface area contributed by atoms with Crippen LogP contribution in [0.2, 0.25) is 0 Å². The second-order valence-electron chi connectivity index (χ2n) is 4.10. The highest BCUT2D eigenvalue weighted by atomic mass is 16.5. The van der Waals surface area contributed by atoms with Crippen LogP contribution in [0.4, 0.5) is 10.5 Å². The van der Waals surface area contributed by atoms with E-state index < -0.39 is 18.0 Å². The van der Waals surface area contributed by atoms with Crippen LogP contribution in [0, 0.1) is 0 Å². The van der Waals surface area contributed by atoms with Gasteiger partial charge in [0.25, 0.3) is 0 Å². The van der Waals surface area contributed by atoms with Crippen molar-refractivity contribution in [3.63, 3.8) is 0 Å². The maximum absolute atomic E-state index is 11.8. The Labute approximate surface area is 121 Å². The number of carbonyl (C=O) groups is 2. The van der Waals surface area contributed by atoms with Gasteiger partial charge in [-0.05, 0) is 0 Å². The fourth-order valence-electron chi connectivity index (χ4n) is 1.59. The summed E-state index contributed by atoms with van der Waals surface area (Å²) in [7, 11) is 2.95. The molecule has 0 aliphatic heterocycles. The highest BCUT2D eigenvalue weighted by molar-refractivity contribution is 5.92. The molecule has 4 N–H and O–H groups in total. The summed E-state index contributed by atoms with van der Waals surface area (Å²) in [6.07, 6.45) is -0.0792. The monoisotopic (exact) mass is 298 g/mol. The summed E-state index contributed by atoms with van der Waals surface area (Å²) in [5.74, 6) is -0.257. The van der Waals surface area contributed by atoms with Crippen LogP contribution in [0.15, 0.2) is 18.2 Å². The number of hydrogen-bond donors (Lipinski definition) is 4. The lowest BCUT2D eigenvalue weighted by atomic mass is 10.2. The van der Waals surface area contributed by atoms with E-state index in [1.807, 2.05) is 0 Å². The summed E-state index contributed by atoms with van der Waals surface area (Å²) < 4.78 is 10.1. The van der Waals surface area contributed by atoms with Crippen LogP contribution >= 0.6 is 0 Å². The van der Waals surface area contributed by atoms with E-state index in [9.17, 15) is 9.59 Å². The molecule has 0 aromatic heterocycles. The summed E-state index contributed by atoms with van der Waals surface area (Å²) in [6, 6.07) is 2.89. The molecule has 0 heterocycles. The van der Waals surface area contributed by atoms with Crippen LogP contribution in [0.5, 0.6) is 11.5 Å². The first kappa shape index (κ1) is 16.6. The van der Waals surface area contributed by atoms with Gasteiger partial charge >= 0.3 is 12.0 Å². The van der Waals surface area contributed by atoms with Gasteiger partial charge in [-0.1, -0.05) is 0 Å². The largest absolute Gasteiger partial charge is 0.497 e. The Balaban J connectivity index is 2.75. The molecule has 0 saturated carbocycles. The number of rotatable bonds is 7. The van der Waals surface area contributed by atoms with Gasteiger partial charge in [0.05, 0.1) is 14.2 Å². The van der Waals surface area contributed by atoms with Crippen molar-refractivity contribution in [1.29, 1.82) is 0 Å². The summed E-state index contributed by atoms with van der Waals surface area (Å²) in [4.78, 5) is 22.6. The first-order chi connectivity index (χ1) is 9.99. The Morgan fingerprint density at radius 1 is 1.19 bits per heavy atom. The predicted octanol–water partition coefficient (Wildman–Crippen LogP) is 0.661. The highest BCUT2D eigenvalue weighted by Crippen LogP contribution is 2.25. The number of benzene rings is 1. The molecule has 116 valence electrons. The maximum Gasteiger partial charge on any atom is 0.326 e. The van der Waals surface area contributed by atoms with E-state index in [2.05, 4.69) is 10.6 Å². The molecule has 2 amide bonds. The minimum atomic E-state index is -1.22. The Morgan fingerprint density at radius 2 is 1.76 bits per heavy atom. The Kier molecular flexibility index (Phi) is 6.28. The van der Waals surface area contributed by atoms with Crippen molar-refractivity contribution in [2.75, 3.05) is 26.1 Å². The van der Waals surface area contributed by atoms with Gasteiger partial charge in [0, 0.05) is 36.9 Å². The number of hydrogen-bond acceptors (Lipinski definition) is 5. The molecule has 8 nitrogen and oxygen atoms in total. The lowest BCUT2D eigenvalue weighted by molar-refractivity contribution is -0.139. The molecule has 0 aliphatic carbocycles. The molecular weight excluding hydrogens is 280 g/mol. The van der Waals surface area contributed by atoms with Gasteiger partial charge in [-0.3, -0.25) is 0 Å². The molecule has 1 atom stereocenters. The van der Waals surface area contributed by atoms with E-state index in [1.165, 1.54) is 14.2 Å². The van der Waals surface area contributed by atoms with Crippen molar-refractivity contribution in [2.45, 2.75) is 12.5 Å². The standard InChI is InChI=1S/C13H18N2O6/c1-20-9-5-8(6-10(7-9)21-2)14-13(19)15-11(3-4-16)12(17)18/h5-7,11,16H,3-4H2,1-2H3,(H,17,18)(H2,14,15,19)/t11-/m0/s1. The maximum atomic E-state index is 11.8. The third kappa shape index (κ3) is 5.19. The SMILES string of the molecule is COc1cc(NC(=O)N[C@@H](CCO)C(=O)O)cc(OC)c1. The Bertz CT molecular complexity index is 483. The van der Waals surface area contributed by atoms with Gasteiger partial charge in [-0.15, -0.1) is 0 Å². The van der Waals surface area contributed by atoms with Crippen LogP contribution in [-0.2, 0) is 4.79 Å². The lowest BCUT2D eigenvalue weighted by Crippen LogP contribution is -2.43. The third-order valence-corrected chi connectivity index (χ3v) is 2.63. The number of anilines is 1. The zero-order chi connectivity index (χ0) is 15.8. The molecule has 1 rings (SSSR count). The van der Waals surface area contributed by atoms with E-state index >= 15 is 0 Å². The number of aliphatic hydroxyl groups is 1. The van der Waals surface area contributed by atoms with Crippen molar-refractivity contribution in [1.82, 2.24) is 5.32 Å². The van der Waals surface area contributed by atoms with Crippen LogP contribution < -0.4 is 20.1 Å². The van der Waals surface area contributed by atoms with Gasteiger partial charge in [-0.2, -0.15) is 0 Å². The number of nitrogens with one attached hydrogen (secondary N) is 2. The molecule has 21 heavy (non-hydrogen) atoms. The van der Waals surface area contributed by atoms with E-state index in [-0.39, 0.29) is 13.0 Å². The van der Waals surface area contributed by atoms with Crippen molar-refractivity contribution < 1.29 is 29.3 Å². The molecule has 8 heteroatoms. The summed E-state index contributed by atoms with van der Waals surface area (Å²) in [6.45, 7) is -0.343. The average Bonchev–Trinajstić information content (AvgIpc) is 2.46. The normalized spacial score (nSPS) is 11.4. The number of carboxylic acid groups (broad SMARTS) is 1. The molecular formula is C13H18N2O6. The first-order valence-corrected chi connectivity index (χ1v) is 6.14. The molecule has 0 spiro atoms. The van der Waals surface area contributed by atoms with Crippen LogP contribution in [0.25, 0.3) is 0 Å². The van der Waals surface area contributed by atoms with Crippen molar-refractivity contribution >= 4 is 17.7 Å². The summed E-state index contributed by atoms with van der Waals surface area (Å²) in [5, 5.41) is 22.4. The molecule has 0 aliphatic rings. The van der Waals surface area contributed by atoms with Gasteiger partial charge < -0.3 is 30.3 Å². The topological polar surface area (TPSA) is 117 Å². The minimum absolute atomic E-state index is 0.0792. The van der Waals surface area contributed by atoms with E-state index in [1.54, 1.807) is 18.2 Å². The molecule has 0 saturated heterocycles. The number of urea groups is 1. The molecule has 0 unspecified atom stereocenters. The van der Waals surface area contributed by atoms with Gasteiger partial charge in [0.15, 0.2) is 0 Å². The zero-order valence-electron chi connectivity index (χ0n) is 11.8. The molecule has 1 aromatic carbocycles. The second kappa shape index (κ2) is 7.95. The number of methoxy groups -OCH3 is 2. The molecule has 0 radical (unpaired) electrons. The number of aliphatic hydroxyl groups excluding tert-OH is 1. The van der Waals surface area contributed by atoms with Gasteiger partial charge in [-0.25, -0.2) is 9.59 Å². The number of amides is 2. The fourth-order valence-corrected chi connectivity index (χ4v) is 1.59.